The molecule has 0 spiro atoms. The van der Waals surface area contributed by atoms with Crippen molar-refractivity contribution < 1.29 is 8.42 Å². The van der Waals surface area contributed by atoms with E-state index < -0.39 is 10.0 Å². The minimum Gasteiger partial charge on any atom is -0.361 e. The standard InChI is InChI=1S/C18H17ClN2O2S2/c1-12-2-5-18(24-12)25(22,23)21-8-6-13(7-9-21)16-11-20-17-10-14(19)3-4-15(16)17/h2-6,10-11,20H,7-9H2,1H3. The zero-order valence-corrected chi connectivity index (χ0v) is 16.0. The molecule has 0 atom stereocenters. The van der Waals surface area contributed by atoms with Crippen molar-refractivity contribution in [2.24, 2.45) is 0 Å². The number of fused-ring (bicyclic) bond motifs is 1. The van der Waals surface area contributed by atoms with Crippen molar-refractivity contribution in [1.29, 1.82) is 0 Å². The van der Waals surface area contributed by atoms with E-state index in [1.807, 2.05) is 43.5 Å². The second kappa shape index (κ2) is 6.29. The minimum atomic E-state index is -3.40. The van der Waals surface area contributed by atoms with Crippen LogP contribution >= 0.6 is 22.9 Å². The van der Waals surface area contributed by atoms with Crippen LogP contribution in [0.1, 0.15) is 16.9 Å². The number of benzene rings is 1. The first kappa shape index (κ1) is 16.8. The van der Waals surface area contributed by atoms with Gasteiger partial charge in [-0.2, -0.15) is 4.31 Å². The average molecular weight is 393 g/mol. The maximum atomic E-state index is 12.7. The van der Waals surface area contributed by atoms with Crippen LogP contribution < -0.4 is 0 Å². The van der Waals surface area contributed by atoms with Gasteiger partial charge in [0.1, 0.15) is 4.21 Å². The molecule has 1 aliphatic rings. The van der Waals surface area contributed by atoms with Crippen LogP contribution in [0.3, 0.4) is 0 Å². The zero-order valence-electron chi connectivity index (χ0n) is 13.6. The number of aromatic nitrogens is 1. The SMILES string of the molecule is Cc1ccc(S(=O)(=O)N2CC=C(c3c[nH]c4cc(Cl)ccc34)CC2)s1. The molecule has 0 saturated carbocycles. The van der Waals surface area contributed by atoms with Crippen molar-refractivity contribution >= 4 is 49.4 Å². The molecule has 4 rings (SSSR count). The van der Waals surface area contributed by atoms with Gasteiger partial charge in [0.05, 0.1) is 0 Å². The van der Waals surface area contributed by atoms with E-state index in [1.165, 1.54) is 16.9 Å². The van der Waals surface area contributed by atoms with Gasteiger partial charge in [-0.25, -0.2) is 8.42 Å². The molecule has 3 aromatic rings. The van der Waals surface area contributed by atoms with Gasteiger partial charge in [0.25, 0.3) is 10.0 Å². The van der Waals surface area contributed by atoms with Gasteiger partial charge in [0.2, 0.25) is 0 Å². The Morgan fingerprint density at radius 2 is 2.08 bits per heavy atom. The molecular weight excluding hydrogens is 376 g/mol. The molecule has 1 aliphatic heterocycles. The summed E-state index contributed by atoms with van der Waals surface area (Å²) in [5.74, 6) is 0. The summed E-state index contributed by atoms with van der Waals surface area (Å²) in [5.41, 5.74) is 3.28. The predicted molar refractivity (Wildman–Crippen MR) is 104 cm³/mol. The van der Waals surface area contributed by atoms with Crippen LogP contribution in [0.5, 0.6) is 0 Å². The molecule has 1 N–H and O–H groups in total. The highest BCUT2D eigenvalue weighted by atomic mass is 35.5. The lowest BCUT2D eigenvalue weighted by Gasteiger charge is -2.25. The summed E-state index contributed by atoms with van der Waals surface area (Å²) in [6.07, 6.45) is 4.68. The van der Waals surface area contributed by atoms with Gasteiger partial charge in [-0.1, -0.05) is 23.7 Å². The Balaban J connectivity index is 1.61. The summed E-state index contributed by atoms with van der Waals surface area (Å²) in [6.45, 7) is 2.81. The Morgan fingerprint density at radius 3 is 2.76 bits per heavy atom. The van der Waals surface area contributed by atoms with E-state index >= 15 is 0 Å². The molecule has 0 amide bonds. The Hall–Kier alpha value is -1.60. The second-order valence-electron chi connectivity index (χ2n) is 6.10. The maximum absolute atomic E-state index is 12.7. The molecule has 0 unspecified atom stereocenters. The summed E-state index contributed by atoms with van der Waals surface area (Å²) >= 11 is 7.36. The van der Waals surface area contributed by atoms with Gasteiger partial charge >= 0.3 is 0 Å². The van der Waals surface area contributed by atoms with Gasteiger partial charge in [-0.15, -0.1) is 11.3 Å². The number of hydrogen-bond acceptors (Lipinski definition) is 3. The summed E-state index contributed by atoms with van der Waals surface area (Å²) in [4.78, 5) is 4.24. The molecular formula is C18H17ClN2O2S2. The van der Waals surface area contributed by atoms with E-state index in [0.29, 0.717) is 28.7 Å². The monoisotopic (exact) mass is 392 g/mol. The van der Waals surface area contributed by atoms with E-state index in [4.69, 9.17) is 11.6 Å². The Labute approximate surface area is 155 Å². The van der Waals surface area contributed by atoms with Crippen LogP contribution in [0.15, 0.2) is 46.8 Å². The fourth-order valence-electron chi connectivity index (χ4n) is 3.16. The van der Waals surface area contributed by atoms with Crippen molar-refractivity contribution in [2.75, 3.05) is 13.1 Å². The molecule has 0 saturated heterocycles. The number of aromatic amines is 1. The molecule has 7 heteroatoms. The number of nitrogens with zero attached hydrogens (tertiary/aromatic N) is 1. The second-order valence-corrected chi connectivity index (χ2v) is 9.99. The molecule has 2 aromatic heterocycles. The lowest BCUT2D eigenvalue weighted by molar-refractivity contribution is 0.443. The molecule has 4 nitrogen and oxygen atoms in total. The van der Waals surface area contributed by atoms with Crippen molar-refractivity contribution in [1.82, 2.24) is 9.29 Å². The molecule has 25 heavy (non-hydrogen) atoms. The summed E-state index contributed by atoms with van der Waals surface area (Å²) < 4.78 is 27.4. The van der Waals surface area contributed by atoms with E-state index in [-0.39, 0.29) is 0 Å². The first-order valence-corrected chi connectivity index (χ1v) is 10.6. The number of hydrogen-bond donors (Lipinski definition) is 1. The third kappa shape index (κ3) is 3.04. The number of sulfonamides is 1. The third-order valence-corrected chi connectivity index (χ3v) is 8.04. The first-order chi connectivity index (χ1) is 11.9. The number of rotatable bonds is 3. The third-order valence-electron chi connectivity index (χ3n) is 4.47. The molecule has 0 radical (unpaired) electrons. The predicted octanol–water partition coefficient (Wildman–Crippen LogP) is 4.67. The fraction of sp³-hybridized carbons (Fsp3) is 0.222. The van der Waals surface area contributed by atoms with Crippen molar-refractivity contribution in [3.63, 3.8) is 0 Å². The smallest absolute Gasteiger partial charge is 0.252 e. The van der Waals surface area contributed by atoms with Crippen LogP contribution in [-0.4, -0.2) is 30.8 Å². The normalized spacial score (nSPS) is 16.3. The number of thiophene rings is 1. The van der Waals surface area contributed by atoms with Gasteiger partial charge in [-0.3, -0.25) is 0 Å². The quantitative estimate of drug-likeness (QED) is 0.704. The number of H-pyrrole nitrogens is 1. The lowest BCUT2D eigenvalue weighted by Crippen LogP contribution is -2.34. The molecule has 1 aromatic carbocycles. The van der Waals surface area contributed by atoms with Crippen LogP contribution in [0.25, 0.3) is 16.5 Å². The highest BCUT2D eigenvalue weighted by Gasteiger charge is 2.28. The highest BCUT2D eigenvalue weighted by molar-refractivity contribution is 7.91. The van der Waals surface area contributed by atoms with Crippen LogP contribution in [0.2, 0.25) is 5.02 Å². The highest BCUT2D eigenvalue weighted by Crippen LogP contribution is 2.32. The van der Waals surface area contributed by atoms with E-state index in [0.717, 1.165) is 21.3 Å². The molecule has 0 bridgehead atoms. The lowest BCUT2D eigenvalue weighted by atomic mass is 10.00. The molecule has 0 fully saturated rings. The first-order valence-electron chi connectivity index (χ1n) is 7.98. The van der Waals surface area contributed by atoms with Gasteiger partial charge in [0.15, 0.2) is 0 Å². The maximum Gasteiger partial charge on any atom is 0.252 e. The van der Waals surface area contributed by atoms with E-state index in [9.17, 15) is 8.42 Å². The Morgan fingerprint density at radius 1 is 1.24 bits per heavy atom. The molecule has 0 aliphatic carbocycles. The van der Waals surface area contributed by atoms with E-state index in [2.05, 4.69) is 4.98 Å². The van der Waals surface area contributed by atoms with Crippen molar-refractivity contribution in [2.45, 2.75) is 17.6 Å². The summed E-state index contributed by atoms with van der Waals surface area (Å²) in [5, 5.41) is 1.81. The van der Waals surface area contributed by atoms with Crippen molar-refractivity contribution in [3.8, 4) is 0 Å². The fourth-order valence-corrected chi connectivity index (χ4v) is 6.15. The van der Waals surface area contributed by atoms with Gasteiger partial charge in [0, 0.05) is 45.7 Å². The summed E-state index contributed by atoms with van der Waals surface area (Å²) in [7, 11) is -3.40. The number of halogens is 1. The Kier molecular flexibility index (Phi) is 4.24. The topological polar surface area (TPSA) is 53.2 Å². The zero-order chi connectivity index (χ0) is 17.6. The number of nitrogens with one attached hydrogen (secondary N) is 1. The Bertz CT molecular complexity index is 1080. The van der Waals surface area contributed by atoms with Crippen molar-refractivity contribution in [3.05, 3.63) is 58.1 Å². The molecule has 3 heterocycles. The number of aryl methyl sites for hydroxylation is 1. The largest absolute Gasteiger partial charge is 0.361 e. The van der Waals surface area contributed by atoms with Crippen LogP contribution in [0.4, 0.5) is 0 Å². The minimum absolute atomic E-state index is 0.398. The average Bonchev–Trinajstić information content (AvgIpc) is 3.21. The van der Waals surface area contributed by atoms with Crippen LogP contribution in [-0.2, 0) is 10.0 Å². The van der Waals surface area contributed by atoms with E-state index in [1.54, 1.807) is 10.4 Å². The van der Waals surface area contributed by atoms with Gasteiger partial charge < -0.3 is 4.98 Å². The molecule has 130 valence electrons. The van der Waals surface area contributed by atoms with Crippen LogP contribution in [0, 0.1) is 6.92 Å². The van der Waals surface area contributed by atoms with Gasteiger partial charge in [-0.05, 0) is 43.2 Å². The summed E-state index contributed by atoms with van der Waals surface area (Å²) in [6, 6.07) is 9.32.